The highest BCUT2D eigenvalue weighted by Gasteiger charge is 2.05. The molecule has 0 bridgehead atoms. The molecule has 0 saturated heterocycles. The van der Waals surface area contributed by atoms with Gasteiger partial charge in [-0.3, -0.25) is 0 Å². The van der Waals surface area contributed by atoms with Crippen LogP contribution in [0.4, 0.5) is 0 Å². The van der Waals surface area contributed by atoms with Crippen LogP contribution < -0.4 is 5.32 Å². The molecule has 2 rings (SSSR count). The van der Waals surface area contributed by atoms with Gasteiger partial charge < -0.3 is 5.32 Å². The first-order chi connectivity index (χ1) is 7.75. The van der Waals surface area contributed by atoms with E-state index in [1.807, 2.05) is 10.9 Å². The Kier molecular flexibility index (Phi) is 4.04. The summed E-state index contributed by atoms with van der Waals surface area (Å²) in [4.78, 5) is 8.80. The van der Waals surface area contributed by atoms with Crippen molar-refractivity contribution in [3.63, 3.8) is 0 Å². The fourth-order valence-electron chi connectivity index (χ4n) is 1.31. The third-order valence-electron chi connectivity index (χ3n) is 2.06. The molecule has 2 heterocycles. The predicted molar refractivity (Wildman–Crippen MR) is 69.8 cm³/mol. The van der Waals surface area contributed by atoms with Crippen LogP contribution in [-0.2, 0) is 6.54 Å². The maximum Gasteiger partial charge on any atom is 0.143 e. The van der Waals surface area contributed by atoms with Crippen LogP contribution in [0, 0.1) is 5.92 Å². The normalized spacial score (nSPS) is 11.2. The van der Waals surface area contributed by atoms with Gasteiger partial charge >= 0.3 is 0 Å². The van der Waals surface area contributed by atoms with Crippen LogP contribution >= 0.6 is 22.7 Å². The minimum Gasteiger partial charge on any atom is -0.311 e. The van der Waals surface area contributed by atoms with Crippen LogP contribution in [-0.4, -0.2) is 16.5 Å². The molecule has 0 amide bonds. The van der Waals surface area contributed by atoms with Gasteiger partial charge in [0.05, 0.1) is 11.2 Å². The monoisotopic (exact) mass is 253 g/mol. The Labute approximate surface area is 104 Å². The van der Waals surface area contributed by atoms with Gasteiger partial charge in [-0.05, 0) is 12.5 Å². The molecule has 0 aromatic carbocycles. The van der Waals surface area contributed by atoms with E-state index in [1.54, 1.807) is 22.7 Å². The van der Waals surface area contributed by atoms with Crippen molar-refractivity contribution in [3.8, 4) is 10.7 Å². The first-order valence-corrected chi connectivity index (χ1v) is 7.11. The Balaban J connectivity index is 1.93. The molecule has 0 aliphatic heterocycles. The molecular weight excluding hydrogens is 238 g/mol. The van der Waals surface area contributed by atoms with E-state index in [-0.39, 0.29) is 0 Å². The van der Waals surface area contributed by atoms with Crippen molar-refractivity contribution < 1.29 is 0 Å². The van der Waals surface area contributed by atoms with E-state index in [4.69, 9.17) is 0 Å². The molecule has 0 atom stereocenters. The smallest absolute Gasteiger partial charge is 0.143 e. The molecule has 86 valence electrons. The zero-order chi connectivity index (χ0) is 11.4. The second kappa shape index (κ2) is 5.52. The molecule has 2 aromatic rings. The van der Waals surface area contributed by atoms with Crippen molar-refractivity contribution in [2.75, 3.05) is 6.54 Å². The van der Waals surface area contributed by atoms with Gasteiger partial charge in [0.1, 0.15) is 10.7 Å². The summed E-state index contributed by atoms with van der Waals surface area (Å²) in [7, 11) is 0. The summed E-state index contributed by atoms with van der Waals surface area (Å²) in [6.07, 6.45) is 0. The van der Waals surface area contributed by atoms with Gasteiger partial charge in [0.2, 0.25) is 0 Å². The minimum absolute atomic E-state index is 0.677. The Morgan fingerprint density at radius 2 is 2.25 bits per heavy atom. The highest BCUT2D eigenvalue weighted by Crippen LogP contribution is 2.23. The van der Waals surface area contributed by atoms with E-state index < -0.39 is 0 Å². The maximum atomic E-state index is 4.55. The standard InChI is InChI=1S/C11H15N3S2/c1-8(2)3-12-4-9-5-16-11(14-9)10-6-15-7-13-10/h5-8,12H,3-4H2,1-2H3. The number of rotatable bonds is 5. The molecule has 0 aliphatic carbocycles. The first kappa shape index (κ1) is 11.7. The third-order valence-corrected chi connectivity index (χ3v) is 3.56. The van der Waals surface area contributed by atoms with Crippen LogP contribution in [0.25, 0.3) is 10.7 Å². The lowest BCUT2D eigenvalue weighted by Crippen LogP contribution is -2.19. The highest BCUT2D eigenvalue weighted by molar-refractivity contribution is 7.13. The summed E-state index contributed by atoms with van der Waals surface area (Å²) < 4.78 is 0. The molecule has 0 spiro atoms. The van der Waals surface area contributed by atoms with E-state index in [0.717, 1.165) is 29.5 Å². The van der Waals surface area contributed by atoms with E-state index in [2.05, 4.69) is 34.5 Å². The van der Waals surface area contributed by atoms with Crippen molar-refractivity contribution in [2.45, 2.75) is 20.4 Å². The van der Waals surface area contributed by atoms with Crippen LogP contribution in [0.1, 0.15) is 19.5 Å². The molecule has 5 heteroatoms. The SMILES string of the molecule is CC(C)CNCc1csc(-c2cscn2)n1. The summed E-state index contributed by atoms with van der Waals surface area (Å²) in [5.74, 6) is 0.677. The molecule has 0 unspecified atom stereocenters. The van der Waals surface area contributed by atoms with Crippen LogP contribution in [0.2, 0.25) is 0 Å². The van der Waals surface area contributed by atoms with Crippen molar-refractivity contribution in [1.82, 2.24) is 15.3 Å². The van der Waals surface area contributed by atoms with Gasteiger partial charge in [-0.1, -0.05) is 13.8 Å². The molecular formula is C11H15N3S2. The molecule has 3 nitrogen and oxygen atoms in total. The Morgan fingerprint density at radius 3 is 2.94 bits per heavy atom. The fraction of sp³-hybridized carbons (Fsp3) is 0.455. The van der Waals surface area contributed by atoms with E-state index in [9.17, 15) is 0 Å². The lowest BCUT2D eigenvalue weighted by Gasteiger charge is -2.04. The molecule has 0 fully saturated rings. The number of hydrogen-bond acceptors (Lipinski definition) is 5. The van der Waals surface area contributed by atoms with E-state index in [0.29, 0.717) is 5.92 Å². The van der Waals surface area contributed by atoms with Gasteiger partial charge in [-0.25, -0.2) is 9.97 Å². The summed E-state index contributed by atoms with van der Waals surface area (Å²) in [6, 6.07) is 0. The van der Waals surface area contributed by atoms with Crippen LogP contribution in [0.15, 0.2) is 16.3 Å². The van der Waals surface area contributed by atoms with Gasteiger partial charge in [0.15, 0.2) is 0 Å². The topological polar surface area (TPSA) is 37.8 Å². The molecule has 2 aromatic heterocycles. The van der Waals surface area contributed by atoms with Crippen molar-refractivity contribution in [2.24, 2.45) is 5.92 Å². The largest absolute Gasteiger partial charge is 0.311 e. The van der Waals surface area contributed by atoms with Gasteiger partial charge in [0, 0.05) is 17.3 Å². The van der Waals surface area contributed by atoms with Crippen LogP contribution in [0.5, 0.6) is 0 Å². The lowest BCUT2D eigenvalue weighted by atomic mass is 10.2. The quantitative estimate of drug-likeness (QED) is 0.890. The lowest BCUT2D eigenvalue weighted by molar-refractivity contribution is 0.549. The summed E-state index contributed by atoms with van der Waals surface area (Å²) >= 11 is 3.26. The Hall–Kier alpha value is -0.780. The average Bonchev–Trinajstić information content (AvgIpc) is 2.85. The van der Waals surface area contributed by atoms with Gasteiger partial charge in [-0.2, -0.15) is 0 Å². The van der Waals surface area contributed by atoms with Crippen molar-refractivity contribution in [1.29, 1.82) is 0 Å². The summed E-state index contributed by atoms with van der Waals surface area (Å²) in [5.41, 5.74) is 3.94. The van der Waals surface area contributed by atoms with Crippen molar-refractivity contribution in [3.05, 3.63) is 22.0 Å². The van der Waals surface area contributed by atoms with Crippen molar-refractivity contribution >= 4 is 22.7 Å². The molecule has 0 radical (unpaired) electrons. The number of thiazole rings is 2. The summed E-state index contributed by atoms with van der Waals surface area (Å²) in [5, 5.41) is 8.53. The predicted octanol–water partition coefficient (Wildman–Crippen LogP) is 3.01. The molecule has 16 heavy (non-hydrogen) atoms. The van der Waals surface area contributed by atoms with E-state index >= 15 is 0 Å². The second-order valence-corrected chi connectivity index (χ2v) is 5.62. The molecule has 0 aliphatic rings. The number of aromatic nitrogens is 2. The second-order valence-electron chi connectivity index (χ2n) is 4.04. The molecule has 0 saturated carbocycles. The highest BCUT2D eigenvalue weighted by atomic mass is 32.1. The zero-order valence-corrected chi connectivity index (χ0v) is 11.1. The van der Waals surface area contributed by atoms with Gasteiger partial charge in [0.25, 0.3) is 0 Å². The van der Waals surface area contributed by atoms with Crippen LogP contribution in [0.3, 0.4) is 0 Å². The maximum absolute atomic E-state index is 4.55. The number of nitrogens with one attached hydrogen (secondary N) is 1. The zero-order valence-electron chi connectivity index (χ0n) is 9.43. The Morgan fingerprint density at radius 1 is 1.38 bits per heavy atom. The third kappa shape index (κ3) is 3.10. The average molecular weight is 253 g/mol. The minimum atomic E-state index is 0.677. The van der Waals surface area contributed by atoms with Gasteiger partial charge in [-0.15, -0.1) is 22.7 Å². The first-order valence-electron chi connectivity index (χ1n) is 5.29. The fourth-order valence-corrected chi connectivity index (χ4v) is 2.71. The molecule has 1 N–H and O–H groups in total. The Bertz CT molecular complexity index is 420. The number of hydrogen-bond donors (Lipinski definition) is 1. The van der Waals surface area contributed by atoms with E-state index in [1.165, 1.54) is 0 Å². The summed E-state index contributed by atoms with van der Waals surface area (Å²) in [6.45, 7) is 6.28. The number of nitrogens with zero attached hydrogens (tertiary/aromatic N) is 2.